The van der Waals surface area contributed by atoms with Crippen LogP contribution in [-0.2, 0) is 14.3 Å². The lowest BCUT2D eigenvalue weighted by molar-refractivity contribution is -0.154. The normalized spacial score (nSPS) is 15.7. The zero-order chi connectivity index (χ0) is 19.2. The summed E-state index contributed by atoms with van der Waals surface area (Å²) < 4.78 is 4.91. The topological polar surface area (TPSA) is 158 Å². The van der Waals surface area contributed by atoms with Gasteiger partial charge in [0, 0.05) is 11.1 Å². The van der Waals surface area contributed by atoms with Gasteiger partial charge in [-0.2, -0.15) is 0 Å². The van der Waals surface area contributed by atoms with E-state index in [0.29, 0.717) is 11.1 Å². The highest BCUT2D eigenvalue weighted by atomic mass is 16.6. The molecule has 0 aromatic rings. The minimum absolute atomic E-state index is 0.443. The van der Waals surface area contributed by atoms with Gasteiger partial charge >= 0.3 is 24.2 Å². The summed E-state index contributed by atoms with van der Waals surface area (Å²) in [5, 5.41) is 27.9. The first-order valence-electron chi connectivity index (χ1n) is 7.72. The van der Waals surface area contributed by atoms with E-state index in [0.717, 1.165) is 51.4 Å². The van der Waals surface area contributed by atoms with E-state index in [9.17, 15) is 9.59 Å². The molecule has 0 saturated carbocycles. The molecule has 0 bridgehead atoms. The van der Waals surface area contributed by atoms with Crippen LogP contribution in [0.5, 0.6) is 0 Å². The molecular formula is C16H22O9. The van der Waals surface area contributed by atoms with E-state index >= 15 is 0 Å². The highest BCUT2D eigenvalue weighted by Gasteiger charge is 2.20. The second-order valence-electron chi connectivity index (χ2n) is 5.19. The van der Waals surface area contributed by atoms with Crippen molar-refractivity contribution in [1.29, 1.82) is 0 Å². The van der Waals surface area contributed by atoms with Gasteiger partial charge in [0.05, 0.1) is 0 Å². The molecule has 0 aromatic heterocycles. The van der Waals surface area contributed by atoms with Crippen LogP contribution in [-0.4, -0.2) is 44.7 Å². The maximum atomic E-state index is 11.7. The third-order valence-electron chi connectivity index (χ3n) is 3.29. The van der Waals surface area contributed by atoms with Crippen LogP contribution in [0.1, 0.15) is 51.4 Å². The molecule has 4 N–H and O–H groups in total. The fourth-order valence-corrected chi connectivity index (χ4v) is 2.26. The molecule has 0 aromatic carbocycles. The number of rotatable bonds is 2. The van der Waals surface area contributed by atoms with Gasteiger partial charge in [-0.1, -0.05) is 12.2 Å². The predicted molar refractivity (Wildman–Crippen MR) is 85.5 cm³/mol. The molecule has 25 heavy (non-hydrogen) atoms. The summed E-state index contributed by atoms with van der Waals surface area (Å²) >= 11 is 0. The Morgan fingerprint density at radius 2 is 1.00 bits per heavy atom. The van der Waals surface area contributed by atoms with Gasteiger partial charge in [-0.15, -0.1) is 0 Å². The Morgan fingerprint density at radius 1 is 0.680 bits per heavy atom. The number of hydrogen-bond donors (Lipinski definition) is 4. The monoisotopic (exact) mass is 358 g/mol. The molecule has 0 amide bonds. The fraction of sp³-hybridized carbons (Fsp3) is 0.500. The first kappa shape index (κ1) is 22.2. The highest BCUT2D eigenvalue weighted by molar-refractivity contribution is 6.01. The molecule has 2 aliphatic carbocycles. The lowest BCUT2D eigenvalue weighted by Crippen LogP contribution is -2.18. The Balaban J connectivity index is 0.000000609. The molecule has 9 heteroatoms. The van der Waals surface area contributed by atoms with E-state index in [2.05, 4.69) is 0 Å². The van der Waals surface area contributed by atoms with E-state index in [-0.39, 0.29) is 0 Å². The summed E-state index contributed by atoms with van der Waals surface area (Å²) in [6, 6.07) is 0. The van der Waals surface area contributed by atoms with E-state index in [1.807, 2.05) is 12.2 Å². The largest absolute Gasteiger partial charge is 0.503 e. The van der Waals surface area contributed by atoms with Crippen molar-refractivity contribution >= 4 is 24.2 Å². The zero-order valence-electron chi connectivity index (χ0n) is 13.6. The molecule has 0 aliphatic heterocycles. The molecule has 2 rings (SSSR count). The van der Waals surface area contributed by atoms with E-state index in [1.54, 1.807) is 0 Å². The van der Waals surface area contributed by atoms with Crippen LogP contribution < -0.4 is 0 Å². The maximum absolute atomic E-state index is 11.7. The van der Waals surface area contributed by atoms with E-state index in [4.69, 9.17) is 34.8 Å². The van der Waals surface area contributed by atoms with Crippen molar-refractivity contribution in [3.05, 3.63) is 23.3 Å². The van der Waals surface area contributed by atoms with Crippen molar-refractivity contribution in [2.24, 2.45) is 0 Å². The summed E-state index contributed by atoms with van der Waals surface area (Å²) in [4.78, 5) is 40.5. The Morgan fingerprint density at radius 3 is 1.24 bits per heavy atom. The number of allylic oxidation sites excluding steroid dienone is 2. The molecule has 0 saturated heterocycles. The molecule has 0 radical (unpaired) electrons. The summed E-state index contributed by atoms with van der Waals surface area (Å²) in [5.74, 6) is -0.887. The van der Waals surface area contributed by atoms with Crippen LogP contribution in [0.2, 0.25) is 0 Å². The fourth-order valence-electron chi connectivity index (χ4n) is 2.26. The third-order valence-corrected chi connectivity index (χ3v) is 3.29. The van der Waals surface area contributed by atoms with Gasteiger partial charge in [0.25, 0.3) is 0 Å². The Bertz CT molecular complexity index is 490. The Labute approximate surface area is 144 Å². The number of hydrogen-bond acceptors (Lipinski definition) is 5. The predicted octanol–water partition coefficient (Wildman–Crippen LogP) is 3.50. The average Bonchev–Trinajstić information content (AvgIpc) is 2.55. The number of carbonyl (C=O) groups excluding carboxylic acids is 2. The first-order chi connectivity index (χ1) is 11.7. The van der Waals surface area contributed by atoms with Gasteiger partial charge in [0.2, 0.25) is 0 Å². The molecule has 140 valence electrons. The van der Waals surface area contributed by atoms with Crippen LogP contribution >= 0.6 is 0 Å². The first-order valence-corrected chi connectivity index (χ1v) is 7.72. The third kappa shape index (κ3) is 12.3. The Kier molecular flexibility index (Phi) is 11.1. The molecule has 0 heterocycles. The summed E-state index contributed by atoms with van der Waals surface area (Å²) in [5.41, 5.74) is 1.34. The lowest BCUT2D eigenvalue weighted by Gasteiger charge is -2.13. The molecule has 0 spiro atoms. The van der Waals surface area contributed by atoms with Crippen LogP contribution in [0, 0.1) is 0 Å². The SMILES string of the molecule is O=C(O)O.O=C(O)O.O=C(OC(=O)C1=CCCCC1)C1=CCCCC1. The van der Waals surface area contributed by atoms with Crippen LogP contribution in [0.25, 0.3) is 0 Å². The van der Waals surface area contributed by atoms with Crippen molar-refractivity contribution in [2.75, 3.05) is 0 Å². The van der Waals surface area contributed by atoms with Crippen LogP contribution in [0.3, 0.4) is 0 Å². The van der Waals surface area contributed by atoms with E-state index in [1.165, 1.54) is 0 Å². The lowest BCUT2D eigenvalue weighted by atomic mass is 9.99. The highest BCUT2D eigenvalue weighted by Crippen LogP contribution is 2.21. The smallest absolute Gasteiger partial charge is 0.450 e. The van der Waals surface area contributed by atoms with Crippen molar-refractivity contribution in [3.8, 4) is 0 Å². The molecule has 0 atom stereocenters. The molecule has 0 fully saturated rings. The quantitative estimate of drug-likeness (QED) is 0.428. The second-order valence-corrected chi connectivity index (χ2v) is 5.19. The van der Waals surface area contributed by atoms with Gasteiger partial charge < -0.3 is 25.2 Å². The molecule has 9 nitrogen and oxygen atoms in total. The van der Waals surface area contributed by atoms with Crippen LogP contribution in [0.15, 0.2) is 23.3 Å². The summed E-state index contributed by atoms with van der Waals surface area (Å²) in [7, 11) is 0. The van der Waals surface area contributed by atoms with Crippen molar-refractivity contribution in [1.82, 2.24) is 0 Å². The molecule has 2 aliphatic rings. The Hall–Kier alpha value is -2.84. The second kappa shape index (κ2) is 12.6. The van der Waals surface area contributed by atoms with Crippen LogP contribution in [0.4, 0.5) is 9.59 Å². The summed E-state index contributed by atoms with van der Waals surface area (Å²) in [6.45, 7) is 0. The number of ether oxygens (including phenoxy) is 1. The molecular weight excluding hydrogens is 336 g/mol. The number of carbonyl (C=O) groups is 4. The minimum atomic E-state index is -1.83. The zero-order valence-corrected chi connectivity index (χ0v) is 13.6. The number of carboxylic acid groups (broad SMARTS) is 4. The van der Waals surface area contributed by atoms with Gasteiger partial charge in [-0.05, 0) is 51.4 Å². The van der Waals surface area contributed by atoms with Crippen molar-refractivity contribution < 1.29 is 44.3 Å². The average molecular weight is 358 g/mol. The summed E-state index contributed by atoms with van der Waals surface area (Å²) in [6.07, 6.45) is 7.71. The number of esters is 2. The van der Waals surface area contributed by atoms with Gasteiger partial charge in [-0.25, -0.2) is 19.2 Å². The minimum Gasteiger partial charge on any atom is -0.450 e. The van der Waals surface area contributed by atoms with Gasteiger partial charge in [0.15, 0.2) is 0 Å². The van der Waals surface area contributed by atoms with Gasteiger partial charge in [0.1, 0.15) is 0 Å². The standard InChI is InChI=1S/C14H18O3.2CH2O3/c15-13(11-7-3-1-4-8-11)17-14(16)12-9-5-2-6-10-12;2*2-1(3)4/h7,9H,1-6,8,10H2;2*(H2,2,3,4). The maximum Gasteiger partial charge on any atom is 0.503 e. The molecule has 0 unspecified atom stereocenters. The van der Waals surface area contributed by atoms with E-state index < -0.39 is 24.2 Å². The van der Waals surface area contributed by atoms with Crippen molar-refractivity contribution in [3.63, 3.8) is 0 Å². The van der Waals surface area contributed by atoms with Crippen molar-refractivity contribution in [2.45, 2.75) is 51.4 Å². The van der Waals surface area contributed by atoms with Gasteiger partial charge in [-0.3, -0.25) is 0 Å².